The summed E-state index contributed by atoms with van der Waals surface area (Å²) in [6.45, 7) is 1.82. The smallest absolute Gasteiger partial charge is 0.277 e. The van der Waals surface area contributed by atoms with Crippen molar-refractivity contribution in [2.75, 3.05) is 14.2 Å². The minimum atomic E-state index is -0.342. The molecule has 7 heteroatoms. The first-order valence-electron chi connectivity index (χ1n) is 7.93. The van der Waals surface area contributed by atoms with E-state index in [4.69, 9.17) is 13.9 Å². The molecule has 0 bridgehead atoms. The average molecular weight is 370 g/mol. The highest BCUT2D eigenvalue weighted by atomic mass is 32.2. The largest absolute Gasteiger partial charge is 0.497 e. The lowest BCUT2D eigenvalue weighted by Crippen LogP contribution is -2.13. The third-order valence-corrected chi connectivity index (χ3v) is 4.64. The third kappa shape index (κ3) is 4.05. The molecule has 0 amide bonds. The number of benzene rings is 2. The van der Waals surface area contributed by atoms with E-state index in [1.807, 2.05) is 25.1 Å². The lowest BCUT2D eigenvalue weighted by atomic mass is 10.1. The maximum atomic E-state index is 12.4. The zero-order valence-corrected chi connectivity index (χ0v) is 15.4. The zero-order valence-electron chi connectivity index (χ0n) is 14.6. The average Bonchev–Trinajstić information content (AvgIpc) is 3.16. The van der Waals surface area contributed by atoms with Crippen LogP contribution in [0.2, 0.25) is 0 Å². The van der Waals surface area contributed by atoms with E-state index < -0.39 is 0 Å². The van der Waals surface area contributed by atoms with E-state index in [0.29, 0.717) is 33.7 Å². The molecule has 134 valence electrons. The first-order chi connectivity index (χ1) is 12.6. The van der Waals surface area contributed by atoms with Crippen molar-refractivity contribution >= 4 is 17.5 Å². The van der Waals surface area contributed by atoms with E-state index in [1.54, 1.807) is 44.6 Å². The van der Waals surface area contributed by atoms with E-state index >= 15 is 0 Å². The molecule has 1 aromatic heterocycles. The number of carbonyl (C=O) groups is 1. The Hall–Kier alpha value is -2.80. The summed E-state index contributed by atoms with van der Waals surface area (Å²) in [5.74, 6) is 1.60. The molecule has 0 saturated carbocycles. The first-order valence-corrected chi connectivity index (χ1v) is 8.81. The first kappa shape index (κ1) is 18.0. The molecule has 0 aliphatic heterocycles. The summed E-state index contributed by atoms with van der Waals surface area (Å²) in [4.78, 5) is 12.4. The van der Waals surface area contributed by atoms with Gasteiger partial charge in [0.2, 0.25) is 5.89 Å². The molecule has 1 heterocycles. The predicted octanol–water partition coefficient (Wildman–Crippen LogP) is 4.12. The molecule has 0 N–H and O–H groups in total. The Labute approximate surface area is 155 Å². The Bertz CT molecular complexity index is 873. The molecule has 0 aliphatic carbocycles. The second-order valence-electron chi connectivity index (χ2n) is 5.46. The summed E-state index contributed by atoms with van der Waals surface area (Å²) in [5, 5.41) is 8.08. The van der Waals surface area contributed by atoms with Crippen molar-refractivity contribution in [3.05, 3.63) is 54.1 Å². The highest BCUT2D eigenvalue weighted by Crippen LogP contribution is 2.31. The Morgan fingerprint density at radius 1 is 1.04 bits per heavy atom. The van der Waals surface area contributed by atoms with Gasteiger partial charge in [-0.25, -0.2) is 0 Å². The van der Waals surface area contributed by atoms with Gasteiger partial charge >= 0.3 is 0 Å². The van der Waals surface area contributed by atoms with E-state index in [1.165, 1.54) is 11.8 Å². The van der Waals surface area contributed by atoms with Crippen molar-refractivity contribution < 1.29 is 18.7 Å². The van der Waals surface area contributed by atoms with Crippen LogP contribution in [0.4, 0.5) is 0 Å². The maximum absolute atomic E-state index is 12.4. The molecule has 0 fully saturated rings. The topological polar surface area (TPSA) is 74.5 Å². The number of rotatable bonds is 7. The van der Waals surface area contributed by atoms with Crippen LogP contribution >= 0.6 is 11.8 Å². The van der Waals surface area contributed by atoms with Gasteiger partial charge in [-0.05, 0) is 19.1 Å². The third-order valence-electron chi connectivity index (χ3n) is 3.71. The molecule has 2 aromatic carbocycles. The molecular formula is C19H18N2O4S. The number of methoxy groups -OCH3 is 2. The number of ether oxygens (including phenoxy) is 2. The molecule has 0 spiro atoms. The Balaban J connectivity index is 1.77. The Morgan fingerprint density at radius 3 is 2.31 bits per heavy atom. The highest BCUT2D eigenvalue weighted by molar-refractivity contribution is 8.00. The number of hydrogen-bond acceptors (Lipinski definition) is 7. The molecule has 3 rings (SSSR count). The molecular weight excluding hydrogens is 352 g/mol. The molecule has 3 aromatic rings. The SMILES string of the molecule is COc1cc(OC)cc(-c2nnc(S[C@@H](C)C(=O)c3ccccc3)o2)c1. The summed E-state index contributed by atoms with van der Waals surface area (Å²) >= 11 is 1.23. The number of carbonyl (C=O) groups excluding carboxylic acids is 1. The van der Waals surface area contributed by atoms with Gasteiger partial charge in [-0.3, -0.25) is 4.79 Å². The van der Waals surface area contributed by atoms with Crippen LogP contribution in [0.15, 0.2) is 58.2 Å². The van der Waals surface area contributed by atoms with Crippen molar-refractivity contribution in [1.29, 1.82) is 0 Å². The lowest BCUT2D eigenvalue weighted by Gasteiger charge is -2.07. The normalized spacial score (nSPS) is 11.8. The van der Waals surface area contributed by atoms with E-state index in [0.717, 1.165) is 0 Å². The van der Waals surface area contributed by atoms with Crippen LogP contribution in [-0.2, 0) is 0 Å². The van der Waals surface area contributed by atoms with E-state index in [2.05, 4.69) is 10.2 Å². The Kier molecular flexibility index (Phi) is 5.58. The number of ketones is 1. The van der Waals surface area contributed by atoms with Gasteiger partial charge in [-0.2, -0.15) is 0 Å². The summed E-state index contributed by atoms with van der Waals surface area (Å²) in [6, 6.07) is 14.5. The van der Waals surface area contributed by atoms with Crippen LogP contribution in [0.1, 0.15) is 17.3 Å². The van der Waals surface area contributed by atoms with Crippen LogP contribution in [0, 0.1) is 0 Å². The molecule has 0 unspecified atom stereocenters. The summed E-state index contributed by atoms with van der Waals surface area (Å²) < 4.78 is 16.2. The number of hydrogen-bond donors (Lipinski definition) is 0. The van der Waals surface area contributed by atoms with Gasteiger partial charge in [0, 0.05) is 17.2 Å². The molecule has 0 saturated heterocycles. The Morgan fingerprint density at radius 2 is 1.69 bits per heavy atom. The van der Waals surface area contributed by atoms with Crippen LogP contribution in [0.3, 0.4) is 0 Å². The fourth-order valence-corrected chi connectivity index (χ4v) is 3.11. The number of nitrogens with zero attached hydrogens (tertiary/aromatic N) is 2. The van der Waals surface area contributed by atoms with Gasteiger partial charge in [0.1, 0.15) is 11.5 Å². The van der Waals surface area contributed by atoms with Gasteiger partial charge in [0.25, 0.3) is 5.22 Å². The van der Waals surface area contributed by atoms with Crippen molar-refractivity contribution in [2.45, 2.75) is 17.4 Å². The van der Waals surface area contributed by atoms with Gasteiger partial charge < -0.3 is 13.9 Å². The quantitative estimate of drug-likeness (QED) is 0.457. The summed E-state index contributed by atoms with van der Waals surface area (Å²) in [7, 11) is 3.15. The van der Waals surface area contributed by atoms with Crippen molar-refractivity contribution in [1.82, 2.24) is 10.2 Å². The zero-order chi connectivity index (χ0) is 18.5. The van der Waals surface area contributed by atoms with Crippen LogP contribution in [0.5, 0.6) is 11.5 Å². The monoisotopic (exact) mass is 370 g/mol. The van der Waals surface area contributed by atoms with Crippen molar-refractivity contribution in [3.8, 4) is 23.0 Å². The molecule has 0 radical (unpaired) electrons. The molecule has 0 aliphatic rings. The van der Waals surface area contributed by atoms with Crippen LogP contribution in [0.25, 0.3) is 11.5 Å². The maximum Gasteiger partial charge on any atom is 0.277 e. The summed E-state index contributed by atoms with van der Waals surface area (Å²) in [6.07, 6.45) is 0. The fourth-order valence-electron chi connectivity index (χ4n) is 2.35. The molecule has 26 heavy (non-hydrogen) atoms. The van der Waals surface area contributed by atoms with Crippen LogP contribution in [-0.4, -0.2) is 35.5 Å². The van der Waals surface area contributed by atoms with Crippen molar-refractivity contribution in [2.24, 2.45) is 0 Å². The molecule has 6 nitrogen and oxygen atoms in total. The van der Waals surface area contributed by atoms with E-state index in [9.17, 15) is 4.79 Å². The van der Waals surface area contributed by atoms with Gasteiger partial charge in [-0.15, -0.1) is 10.2 Å². The standard InChI is InChI=1S/C19H18N2O4S/c1-12(17(22)13-7-5-4-6-8-13)26-19-21-20-18(25-19)14-9-15(23-2)11-16(10-14)24-3/h4-12H,1-3H3/t12-/m0/s1. The number of aromatic nitrogens is 2. The minimum absolute atomic E-state index is 0.0124. The summed E-state index contributed by atoms with van der Waals surface area (Å²) in [5.41, 5.74) is 1.34. The van der Waals surface area contributed by atoms with E-state index in [-0.39, 0.29) is 11.0 Å². The fraction of sp³-hybridized carbons (Fsp3) is 0.211. The van der Waals surface area contributed by atoms with Gasteiger partial charge in [0.05, 0.1) is 19.5 Å². The number of Topliss-reactive ketones (excluding diaryl/α,β-unsaturated/α-hetero) is 1. The van der Waals surface area contributed by atoms with Gasteiger partial charge in [0.15, 0.2) is 5.78 Å². The predicted molar refractivity (Wildman–Crippen MR) is 98.9 cm³/mol. The number of thioether (sulfide) groups is 1. The second kappa shape index (κ2) is 8.05. The van der Waals surface area contributed by atoms with Crippen molar-refractivity contribution in [3.63, 3.8) is 0 Å². The molecule has 1 atom stereocenters. The lowest BCUT2D eigenvalue weighted by molar-refractivity contribution is 0.0993. The minimum Gasteiger partial charge on any atom is -0.497 e. The second-order valence-corrected chi connectivity index (χ2v) is 6.76. The van der Waals surface area contributed by atoms with Gasteiger partial charge in [-0.1, -0.05) is 42.1 Å². The highest BCUT2D eigenvalue weighted by Gasteiger charge is 2.20. The van der Waals surface area contributed by atoms with Crippen LogP contribution < -0.4 is 9.47 Å².